The Balaban J connectivity index is 1.60. The molecule has 0 saturated heterocycles. The summed E-state index contributed by atoms with van der Waals surface area (Å²) in [6, 6.07) is 30.7. The summed E-state index contributed by atoms with van der Waals surface area (Å²) < 4.78 is 11.0. The Morgan fingerprint density at radius 3 is 2.26 bits per heavy atom. The maximum atomic E-state index is 11.1. The molecule has 0 radical (unpaired) electrons. The van der Waals surface area contributed by atoms with Crippen molar-refractivity contribution < 1.29 is 19.1 Å². The van der Waals surface area contributed by atoms with E-state index in [0.29, 0.717) is 11.5 Å². The summed E-state index contributed by atoms with van der Waals surface area (Å²) in [4.78, 5) is 13.1. The first-order chi connectivity index (χ1) is 17.1. The van der Waals surface area contributed by atoms with Gasteiger partial charge >= 0.3 is 5.97 Å². The first-order valence-electron chi connectivity index (χ1n) is 10.8. The summed E-state index contributed by atoms with van der Waals surface area (Å²) in [6.45, 7) is 0. The van der Waals surface area contributed by atoms with Crippen molar-refractivity contribution >= 4 is 29.5 Å². The molecule has 172 valence electrons. The van der Waals surface area contributed by atoms with Crippen molar-refractivity contribution in [1.82, 2.24) is 0 Å². The number of para-hydroxylation sites is 1. The normalized spacial score (nSPS) is 11.3. The average Bonchev–Trinajstić information content (AvgIpc) is 3.37. The van der Waals surface area contributed by atoms with E-state index in [1.165, 1.54) is 6.08 Å². The van der Waals surface area contributed by atoms with Crippen LogP contribution >= 0.6 is 0 Å². The molecule has 4 rings (SSSR count). The van der Waals surface area contributed by atoms with E-state index in [2.05, 4.69) is 4.90 Å². The predicted octanol–water partition coefficient (Wildman–Crippen LogP) is 6.76. The zero-order valence-corrected chi connectivity index (χ0v) is 19.0. The van der Waals surface area contributed by atoms with Crippen LogP contribution in [0, 0.1) is 11.3 Å². The van der Waals surface area contributed by atoms with E-state index in [-0.39, 0.29) is 5.57 Å². The van der Waals surface area contributed by atoms with Crippen LogP contribution < -0.4 is 9.64 Å². The number of carboxylic acids is 1. The van der Waals surface area contributed by atoms with Crippen molar-refractivity contribution in [2.45, 2.75) is 0 Å². The second-order valence-corrected chi connectivity index (χ2v) is 7.52. The number of aliphatic carboxylic acids is 1. The minimum atomic E-state index is -1.29. The third kappa shape index (κ3) is 5.67. The van der Waals surface area contributed by atoms with Gasteiger partial charge in [-0.25, -0.2) is 4.79 Å². The number of furan rings is 1. The van der Waals surface area contributed by atoms with Gasteiger partial charge in [0, 0.05) is 29.2 Å². The lowest BCUT2D eigenvalue weighted by atomic mass is 10.1. The van der Waals surface area contributed by atoms with Gasteiger partial charge in [0.15, 0.2) is 0 Å². The second-order valence-electron chi connectivity index (χ2n) is 7.52. The summed E-state index contributed by atoms with van der Waals surface area (Å²) in [5, 5.41) is 18.0. The van der Waals surface area contributed by atoms with Gasteiger partial charge in [-0.15, -0.1) is 0 Å². The molecular weight excluding hydrogens is 440 g/mol. The van der Waals surface area contributed by atoms with Crippen LogP contribution in [0.3, 0.4) is 0 Å². The molecule has 3 aromatic carbocycles. The first-order valence-corrected chi connectivity index (χ1v) is 10.8. The molecule has 0 unspecified atom stereocenters. The van der Waals surface area contributed by atoms with Gasteiger partial charge in [0.2, 0.25) is 0 Å². The molecule has 0 bridgehead atoms. The Kier molecular flexibility index (Phi) is 7.10. The SMILES string of the molecule is COc1ccc(/C=C/N(c2ccccc2)c2ccc(-c3ccc(/C=C(/C#N)C(=O)O)o3)cc2)cc1. The number of nitriles is 1. The van der Waals surface area contributed by atoms with Gasteiger partial charge in [-0.05, 0) is 72.3 Å². The smallest absolute Gasteiger partial charge is 0.346 e. The minimum absolute atomic E-state index is 0.302. The molecule has 6 nitrogen and oxygen atoms in total. The van der Waals surface area contributed by atoms with Crippen LogP contribution in [0.15, 0.2) is 107 Å². The van der Waals surface area contributed by atoms with E-state index in [4.69, 9.17) is 19.5 Å². The minimum Gasteiger partial charge on any atom is -0.497 e. The molecule has 0 aliphatic heterocycles. The summed E-state index contributed by atoms with van der Waals surface area (Å²) in [7, 11) is 1.64. The van der Waals surface area contributed by atoms with Crippen LogP contribution in [0.4, 0.5) is 11.4 Å². The number of anilines is 2. The highest BCUT2D eigenvalue weighted by Crippen LogP contribution is 2.30. The highest BCUT2D eigenvalue weighted by molar-refractivity contribution is 5.96. The molecular formula is C29H22N2O4. The molecule has 1 N–H and O–H groups in total. The van der Waals surface area contributed by atoms with Crippen LogP contribution in [0.5, 0.6) is 5.75 Å². The lowest BCUT2D eigenvalue weighted by Crippen LogP contribution is -2.07. The molecule has 0 aliphatic carbocycles. The zero-order chi connectivity index (χ0) is 24.6. The number of methoxy groups -OCH3 is 1. The average molecular weight is 463 g/mol. The molecule has 4 aromatic rings. The summed E-state index contributed by atoms with van der Waals surface area (Å²) in [5.41, 5.74) is 3.44. The summed E-state index contributed by atoms with van der Waals surface area (Å²) >= 11 is 0. The molecule has 35 heavy (non-hydrogen) atoms. The van der Waals surface area contributed by atoms with Gasteiger partial charge in [-0.3, -0.25) is 0 Å². The molecule has 0 fully saturated rings. The standard InChI is InChI=1S/C29H22N2O4/c1-34-26-13-7-21(8-14-26)17-18-31(24-5-3-2-4-6-24)25-11-9-22(10-12-25)28-16-15-27(35-28)19-23(20-30)29(32)33/h2-19H,1H3,(H,32,33)/b18-17+,23-19-. The maximum absolute atomic E-state index is 11.1. The maximum Gasteiger partial charge on any atom is 0.346 e. The van der Waals surface area contributed by atoms with Gasteiger partial charge < -0.3 is 19.2 Å². The van der Waals surface area contributed by atoms with E-state index in [1.807, 2.05) is 91.1 Å². The molecule has 0 aliphatic rings. The number of rotatable bonds is 8. The van der Waals surface area contributed by atoms with Crippen molar-refractivity contribution in [2.75, 3.05) is 12.0 Å². The predicted molar refractivity (Wildman–Crippen MR) is 136 cm³/mol. The second kappa shape index (κ2) is 10.7. The Morgan fingerprint density at radius 1 is 0.943 bits per heavy atom. The summed E-state index contributed by atoms with van der Waals surface area (Å²) in [5.74, 6) is 0.390. The summed E-state index contributed by atoms with van der Waals surface area (Å²) in [6.07, 6.45) is 5.25. The van der Waals surface area contributed by atoms with Gasteiger partial charge in [0.25, 0.3) is 0 Å². The van der Waals surface area contributed by atoms with Crippen LogP contribution in [-0.4, -0.2) is 18.2 Å². The Labute approximate surface area is 203 Å². The van der Waals surface area contributed by atoms with Crippen molar-refractivity contribution in [2.24, 2.45) is 0 Å². The number of hydrogen-bond donors (Lipinski definition) is 1. The van der Waals surface area contributed by atoms with E-state index >= 15 is 0 Å². The Hall–Kier alpha value is -5.02. The first kappa shape index (κ1) is 23.1. The lowest BCUT2D eigenvalue weighted by molar-refractivity contribution is -0.132. The van der Waals surface area contributed by atoms with Crippen LogP contribution in [0.2, 0.25) is 0 Å². The van der Waals surface area contributed by atoms with Crippen molar-refractivity contribution in [3.63, 3.8) is 0 Å². The third-order valence-electron chi connectivity index (χ3n) is 5.26. The van der Waals surface area contributed by atoms with Crippen LogP contribution in [-0.2, 0) is 4.79 Å². The number of benzene rings is 3. The number of carbonyl (C=O) groups is 1. The number of hydrogen-bond acceptors (Lipinski definition) is 5. The van der Waals surface area contributed by atoms with Crippen molar-refractivity contribution in [3.8, 4) is 23.1 Å². The fraction of sp³-hybridized carbons (Fsp3) is 0.0345. The number of carboxylic acid groups (broad SMARTS) is 1. The highest BCUT2D eigenvalue weighted by Gasteiger charge is 2.11. The van der Waals surface area contributed by atoms with Crippen molar-refractivity contribution in [1.29, 1.82) is 5.26 Å². The van der Waals surface area contributed by atoms with Crippen LogP contribution in [0.25, 0.3) is 23.5 Å². The van der Waals surface area contributed by atoms with E-state index in [0.717, 1.165) is 28.3 Å². The van der Waals surface area contributed by atoms with Crippen molar-refractivity contribution in [3.05, 3.63) is 114 Å². The number of nitrogens with zero attached hydrogens (tertiary/aromatic N) is 2. The lowest BCUT2D eigenvalue weighted by Gasteiger charge is -2.21. The van der Waals surface area contributed by atoms with Gasteiger partial charge in [0.1, 0.15) is 28.9 Å². The largest absolute Gasteiger partial charge is 0.497 e. The molecule has 1 aromatic heterocycles. The fourth-order valence-electron chi connectivity index (χ4n) is 3.44. The molecule has 0 saturated carbocycles. The molecule has 0 spiro atoms. The Bertz CT molecular complexity index is 1390. The Morgan fingerprint density at radius 2 is 1.63 bits per heavy atom. The van der Waals surface area contributed by atoms with Crippen LogP contribution in [0.1, 0.15) is 11.3 Å². The highest BCUT2D eigenvalue weighted by atomic mass is 16.5. The van der Waals surface area contributed by atoms with Gasteiger partial charge in [-0.1, -0.05) is 30.3 Å². The van der Waals surface area contributed by atoms with Gasteiger partial charge in [0.05, 0.1) is 7.11 Å². The quantitative estimate of drug-likeness (QED) is 0.230. The number of ether oxygens (including phenoxy) is 1. The topological polar surface area (TPSA) is 86.7 Å². The van der Waals surface area contributed by atoms with Gasteiger partial charge in [-0.2, -0.15) is 5.26 Å². The van der Waals surface area contributed by atoms with E-state index in [1.54, 1.807) is 25.3 Å². The fourth-order valence-corrected chi connectivity index (χ4v) is 3.44. The zero-order valence-electron chi connectivity index (χ0n) is 19.0. The van der Waals surface area contributed by atoms with E-state index in [9.17, 15) is 4.79 Å². The monoisotopic (exact) mass is 462 g/mol. The molecule has 0 atom stereocenters. The third-order valence-corrected chi connectivity index (χ3v) is 5.26. The molecule has 1 heterocycles. The molecule has 6 heteroatoms. The van der Waals surface area contributed by atoms with E-state index < -0.39 is 5.97 Å². The molecule has 0 amide bonds.